The molecule has 0 spiro atoms. The number of nitrogens with two attached hydrogens (primary N) is 1. The lowest BCUT2D eigenvalue weighted by Crippen LogP contribution is -2.25. The van der Waals surface area contributed by atoms with E-state index in [0.717, 1.165) is 0 Å². The molecule has 0 bridgehead atoms. The molecular formula is C8H9ClN8O. The molecule has 2 aromatic rings. The molecule has 2 heterocycles. The summed E-state index contributed by atoms with van der Waals surface area (Å²) in [6, 6.07) is 3.07. The Morgan fingerprint density at radius 3 is 3.00 bits per heavy atom. The molecule has 0 saturated carbocycles. The SMILES string of the molecule is NNc1ccc(Cl)c(C(=O)NCc2nn[nH]n2)n1. The number of nitrogens with zero attached hydrogens (tertiary/aromatic N) is 4. The topological polar surface area (TPSA) is 134 Å². The van der Waals surface area contributed by atoms with E-state index in [9.17, 15) is 4.79 Å². The molecule has 0 aliphatic rings. The smallest absolute Gasteiger partial charge is 0.271 e. The van der Waals surface area contributed by atoms with Crippen molar-refractivity contribution in [1.29, 1.82) is 0 Å². The number of carbonyl (C=O) groups is 1. The average Bonchev–Trinajstić information content (AvgIpc) is 2.89. The van der Waals surface area contributed by atoms with Gasteiger partial charge in [0.2, 0.25) is 0 Å². The van der Waals surface area contributed by atoms with Crippen molar-refractivity contribution in [3.63, 3.8) is 0 Å². The number of amides is 1. The number of nitrogens with one attached hydrogen (secondary N) is 3. The van der Waals surface area contributed by atoms with Gasteiger partial charge >= 0.3 is 0 Å². The van der Waals surface area contributed by atoms with Crippen molar-refractivity contribution in [2.45, 2.75) is 6.54 Å². The van der Waals surface area contributed by atoms with Gasteiger partial charge in [0.1, 0.15) is 11.5 Å². The van der Waals surface area contributed by atoms with Gasteiger partial charge in [-0.25, -0.2) is 10.8 Å². The maximum Gasteiger partial charge on any atom is 0.271 e. The Hall–Kier alpha value is -2.26. The fourth-order valence-electron chi connectivity index (χ4n) is 1.18. The fourth-order valence-corrected chi connectivity index (χ4v) is 1.37. The first kappa shape index (κ1) is 12.2. The van der Waals surface area contributed by atoms with Crippen molar-refractivity contribution in [3.8, 4) is 0 Å². The van der Waals surface area contributed by atoms with Crippen LogP contribution in [-0.4, -0.2) is 31.5 Å². The van der Waals surface area contributed by atoms with Crippen LogP contribution in [0.5, 0.6) is 0 Å². The molecule has 5 N–H and O–H groups in total. The van der Waals surface area contributed by atoms with Gasteiger partial charge in [-0.2, -0.15) is 5.21 Å². The van der Waals surface area contributed by atoms with Crippen molar-refractivity contribution in [3.05, 3.63) is 28.7 Å². The summed E-state index contributed by atoms with van der Waals surface area (Å²) in [5.41, 5.74) is 2.40. The number of halogens is 1. The molecule has 0 atom stereocenters. The Morgan fingerprint density at radius 1 is 1.50 bits per heavy atom. The molecule has 0 saturated heterocycles. The second-order valence-electron chi connectivity index (χ2n) is 3.18. The van der Waals surface area contributed by atoms with Crippen LogP contribution in [0.1, 0.15) is 16.3 Å². The first-order valence-electron chi connectivity index (χ1n) is 4.84. The molecule has 0 aliphatic heterocycles. The number of pyridine rings is 1. The summed E-state index contributed by atoms with van der Waals surface area (Å²) >= 11 is 5.87. The lowest BCUT2D eigenvalue weighted by Gasteiger charge is -2.06. The third-order valence-electron chi connectivity index (χ3n) is 2.01. The number of aromatic nitrogens is 5. The van der Waals surface area contributed by atoms with E-state index < -0.39 is 5.91 Å². The first-order chi connectivity index (χ1) is 8.70. The van der Waals surface area contributed by atoms with Crippen LogP contribution in [0.25, 0.3) is 0 Å². The molecule has 2 aromatic heterocycles. The number of anilines is 1. The second-order valence-corrected chi connectivity index (χ2v) is 3.59. The van der Waals surface area contributed by atoms with Crippen LogP contribution in [0, 0.1) is 0 Å². The molecule has 2 rings (SSSR count). The zero-order valence-electron chi connectivity index (χ0n) is 9.01. The van der Waals surface area contributed by atoms with Gasteiger partial charge in [0, 0.05) is 0 Å². The van der Waals surface area contributed by atoms with E-state index in [0.29, 0.717) is 11.6 Å². The Bertz CT molecular complexity index is 542. The van der Waals surface area contributed by atoms with Crippen molar-refractivity contribution in [2.75, 3.05) is 5.43 Å². The zero-order chi connectivity index (χ0) is 13.0. The molecule has 0 aliphatic carbocycles. The monoisotopic (exact) mass is 268 g/mol. The second kappa shape index (κ2) is 5.38. The Morgan fingerprint density at radius 2 is 2.33 bits per heavy atom. The van der Waals surface area contributed by atoms with Crippen LogP contribution in [0.2, 0.25) is 5.02 Å². The van der Waals surface area contributed by atoms with E-state index in [1.165, 1.54) is 6.07 Å². The highest BCUT2D eigenvalue weighted by Gasteiger charge is 2.13. The van der Waals surface area contributed by atoms with Gasteiger partial charge < -0.3 is 10.7 Å². The standard InChI is InChI=1S/C8H9ClN8O/c9-4-1-2-5(13-10)12-7(4)8(18)11-3-6-14-16-17-15-6/h1-2H,3,10H2,(H,11,18)(H,12,13)(H,14,15,16,17). The van der Waals surface area contributed by atoms with Crippen molar-refractivity contribution >= 4 is 23.3 Å². The molecule has 10 heteroatoms. The van der Waals surface area contributed by atoms with Crippen LogP contribution in [-0.2, 0) is 6.54 Å². The predicted molar refractivity (Wildman–Crippen MR) is 62.4 cm³/mol. The number of hydrazine groups is 1. The number of aromatic amines is 1. The number of H-pyrrole nitrogens is 1. The summed E-state index contributed by atoms with van der Waals surface area (Å²) < 4.78 is 0. The highest BCUT2D eigenvalue weighted by atomic mass is 35.5. The maximum absolute atomic E-state index is 11.8. The van der Waals surface area contributed by atoms with Crippen molar-refractivity contribution in [2.24, 2.45) is 5.84 Å². The lowest BCUT2D eigenvalue weighted by molar-refractivity contribution is 0.0945. The summed E-state index contributed by atoms with van der Waals surface area (Å²) in [7, 11) is 0. The molecule has 0 radical (unpaired) electrons. The van der Waals surface area contributed by atoms with E-state index >= 15 is 0 Å². The molecule has 0 fully saturated rings. The average molecular weight is 269 g/mol. The minimum atomic E-state index is -0.457. The van der Waals surface area contributed by atoms with E-state index in [-0.39, 0.29) is 17.3 Å². The summed E-state index contributed by atoms with van der Waals surface area (Å²) in [4.78, 5) is 15.8. The molecule has 9 nitrogen and oxygen atoms in total. The Labute approximate surface area is 106 Å². The molecule has 0 aromatic carbocycles. The molecule has 1 amide bonds. The van der Waals surface area contributed by atoms with Crippen molar-refractivity contribution in [1.82, 2.24) is 30.9 Å². The first-order valence-corrected chi connectivity index (χ1v) is 5.22. The minimum absolute atomic E-state index is 0.0654. The van der Waals surface area contributed by atoms with Crippen LogP contribution in [0.3, 0.4) is 0 Å². The van der Waals surface area contributed by atoms with Gasteiger partial charge in [-0.15, -0.1) is 10.2 Å². The van der Waals surface area contributed by atoms with Gasteiger partial charge in [-0.05, 0) is 12.1 Å². The Kier molecular flexibility index (Phi) is 3.65. The maximum atomic E-state index is 11.8. The van der Waals surface area contributed by atoms with Gasteiger partial charge in [-0.3, -0.25) is 4.79 Å². The van der Waals surface area contributed by atoms with E-state index in [4.69, 9.17) is 17.4 Å². The fraction of sp³-hybridized carbons (Fsp3) is 0.125. The highest BCUT2D eigenvalue weighted by molar-refractivity contribution is 6.33. The summed E-state index contributed by atoms with van der Waals surface area (Å²) in [5.74, 6) is 5.44. The highest BCUT2D eigenvalue weighted by Crippen LogP contribution is 2.16. The molecule has 18 heavy (non-hydrogen) atoms. The van der Waals surface area contributed by atoms with Gasteiger partial charge in [0.25, 0.3) is 5.91 Å². The zero-order valence-corrected chi connectivity index (χ0v) is 9.77. The summed E-state index contributed by atoms with van der Waals surface area (Å²) in [6.07, 6.45) is 0. The number of hydrogen-bond donors (Lipinski definition) is 4. The van der Waals surface area contributed by atoms with Gasteiger partial charge in [0.15, 0.2) is 5.82 Å². The van der Waals surface area contributed by atoms with E-state index in [1.54, 1.807) is 6.07 Å². The van der Waals surface area contributed by atoms with E-state index in [1.807, 2.05) is 0 Å². The van der Waals surface area contributed by atoms with Crippen LogP contribution < -0.4 is 16.6 Å². The molecule has 0 unspecified atom stereocenters. The summed E-state index contributed by atoms with van der Waals surface area (Å²) in [6.45, 7) is 0.119. The minimum Gasteiger partial charge on any atom is -0.343 e. The number of nitrogen functional groups attached to an aromatic ring is 1. The van der Waals surface area contributed by atoms with Gasteiger partial charge in [0.05, 0.1) is 11.6 Å². The molecular weight excluding hydrogens is 260 g/mol. The largest absolute Gasteiger partial charge is 0.343 e. The third kappa shape index (κ3) is 2.70. The van der Waals surface area contributed by atoms with Crippen LogP contribution in [0.4, 0.5) is 5.82 Å². The van der Waals surface area contributed by atoms with Crippen LogP contribution in [0.15, 0.2) is 12.1 Å². The Balaban J connectivity index is 2.08. The number of carbonyl (C=O) groups excluding carboxylic acids is 1. The quantitative estimate of drug-likeness (QED) is 0.432. The number of tetrazole rings is 1. The van der Waals surface area contributed by atoms with Gasteiger partial charge in [-0.1, -0.05) is 16.8 Å². The van der Waals surface area contributed by atoms with E-state index in [2.05, 4.69) is 36.4 Å². The number of hydrogen-bond acceptors (Lipinski definition) is 7. The third-order valence-corrected chi connectivity index (χ3v) is 2.31. The van der Waals surface area contributed by atoms with Crippen molar-refractivity contribution < 1.29 is 4.79 Å². The lowest BCUT2D eigenvalue weighted by atomic mass is 10.3. The predicted octanol–water partition coefficient (Wildman–Crippen LogP) is -0.536. The normalized spacial score (nSPS) is 10.1. The number of rotatable bonds is 4. The summed E-state index contributed by atoms with van der Waals surface area (Å²) in [5, 5.41) is 15.8. The molecule has 94 valence electrons. The van der Waals surface area contributed by atoms with Crippen LogP contribution >= 0.6 is 11.6 Å².